The molecule has 78 valence electrons. The lowest BCUT2D eigenvalue weighted by atomic mass is 9.77. The molecule has 0 radical (unpaired) electrons. The molecule has 1 aromatic heterocycles. The van der Waals surface area contributed by atoms with E-state index in [4.69, 9.17) is 0 Å². The molecule has 2 rings (SSSR count). The van der Waals surface area contributed by atoms with Gasteiger partial charge < -0.3 is 0 Å². The zero-order valence-electron chi connectivity index (χ0n) is 9.34. The van der Waals surface area contributed by atoms with E-state index in [1.807, 2.05) is 0 Å². The van der Waals surface area contributed by atoms with Gasteiger partial charge in [0.1, 0.15) is 0 Å². The Morgan fingerprint density at radius 1 is 1.43 bits per heavy atom. The van der Waals surface area contributed by atoms with Crippen LogP contribution in [0.3, 0.4) is 0 Å². The average molecular weight is 209 g/mol. The smallest absolute Gasteiger partial charge is 0.0441 e. The molecule has 0 saturated carbocycles. The first-order valence-corrected chi connectivity index (χ1v) is 6.27. The summed E-state index contributed by atoms with van der Waals surface area (Å²) in [6, 6.07) is 0. The average Bonchev–Trinajstić information content (AvgIpc) is 2.41. The van der Waals surface area contributed by atoms with Crippen LogP contribution in [0.2, 0.25) is 0 Å². The number of aryl methyl sites for hydroxylation is 1. The minimum absolute atomic E-state index is 0.450. The molecule has 0 aliphatic heterocycles. The summed E-state index contributed by atoms with van der Waals surface area (Å²) in [4.78, 5) is 1.54. The summed E-state index contributed by atoms with van der Waals surface area (Å²) >= 11 is 1.71. The van der Waals surface area contributed by atoms with E-state index in [2.05, 4.69) is 31.3 Å². The molecular formula is C12H19NS. The third-order valence-corrected chi connectivity index (χ3v) is 4.24. The van der Waals surface area contributed by atoms with Gasteiger partial charge in [-0.05, 0) is 54.1 Å². The molecule has 0 bridgehead atoms. The van der Waals surface area contributed by atoms with Gasteiger partial charge in [-0.1, -0.05) is 20.8 Å². The summed E-state index contributed by atoms with van der Waals surface area (Å²) in [5.41, 5.74) is 1.97. The standard InChI is InChI=1S/C12H19NS/c1-12(2,3)10-6-4-5-9-8-13-14-11(9)7-10/h8,10H,4-7H2,1-3H3. The van der Waals surface area contributed by atoms with E-state index < -0.39 is 0 Å². The number of fused-ring (bicyclic) bond motifs is 1. The summed E-state index contributed by atoms with van der Waals surface area (Å²) in [6.07, 6.45) is 7.30. The van der Waals surface area contributed by atoms with E-state index in [-0.39, 0.29) is 0 Å². The second-order valence-electron chi connectivity index (χ2n) is 5.43. The molecule has 1 aliphatic carbocycles. The second-order valence-corrected chi connectivity index (χ2v) is 6.32. The van der Waals surface area contributed by atoms with Crippen molar-refractivity contribution in [2.24, 2.45) is 11.3 Å². The molecule has 0 amide bonds. The van der Waals surface area contributed by atoms with Crippen LogP contribution in [0.1, 0.15) is 44.1 Å². The van der Waals surface area contributed by atoms with Crippen molar-refractivity contribution in [1.29, 1.82) is 0 Å². The van der Waals surface area contributed by atoms with Crippen LogP contribution in [-0.2, 0) is 12.8 Å². The van der Waals surface area contributed by atoms with Crippen LogP contribution in [0, 0.1) is 11.3 Å². The topological polar surface area (TPSA) is 12.9 Å². The highest BCUT2D eigenvalue weighted by Crippen LogP contribution is 2.37. The predicted octanol–water partition coefficient (Wildman–Crippen LogP) is 3.68. The quantitative estimate of drug-likeness (QED) is 0.594. The highest BCUT2D eigenvalue weighted by molar-refractivity contribution is 7.05. The maximum atomic E-state index is 4.30. The molecule has 1 atom stereocenters. The lowest BCUT2D eigenvalue weighted by molar-refractivity contribution is 0.225. The highest BCUT2D eigenvalue weighted by atomic mass is 32.1. The molecule has 1 aromatic rings. The van der Waals surface area contributed by atoms with Crippen molar-refractivity contribution in [2.75, 3.05) is 0 Å². The maximum Gasteiger partial charge on any atom is 0.0441 e. The molecule has 1 unspecified atom stereocenters. The van der Waals surface area contributed by atoms with Crippen LogP contribution in [0.5, 0.6) is 0 Å². The van der Waals surface area contributed by atoms with Gasteiger partial charge in [0.15, 0.2) is 0 Å². The van der Waals surface area contributed by atoms with E-state index >= 15 is 0 Å². The molecule has 0 aromatic carbocycles. The minimum atomic E-state index is 0.450. The van der Waals surface area contributed by atoms with Gasteiger partial charge in [-0.2, -0.15) is 0 Å². The molecule has 0 fully saturated rings. The fourth-order valence-electron chi connectivity index (χ4n) is 2.26. The minimum Gasteiger partial charge on any atom is -0.201 e. The van der Waals surface area contributed by atoms with Crippen LogP contribution < -0.4 is 0 Å². The SMILES string of the molecule is CC(C)(C)C1CCCc2cnsc2C1. The van der Waals surface area contributed by atoms with Gasteiger partial charge in [0.25, 0.3) is 0 Å². The predicted molar refractivity (Wildman–Crippen MR) is 61.7 cm³/mol. The third kappa shape index (κ3) is 2.00. The Hall–Kier alpha value is -0.370. The summed E-state index contributed by atoms with van der Waals surface area (Å²) < 4.78 is 4.30. The Morgan fingerprint density at radius 3 is 2.93 bits per heavy atom. The molecule has 1 nitrogen and oxygen atoms in total. The number of rotatable bonds is 0. The van der Waals surface area contributed by atoms with Gasteiger partial charge in [0.2, 0.25) is 0 Å². The van der Waals surface area contributed by atoms with Crippen molar-refractivity contribution >= 4 is 11.5 Å². The summed E-state index contributed by atoms with van der Waals surface area (Å²) in [5, 5.41) is 0. The molecular weight excluding hydrogens is 190 g/mol. The number of nitrogens with zero attached hydrogens (tertiary/aromatic N) is 1. The first-order valence-electron chi connectivity index (χ1n) is 5.50. The third-order valence-electron chi connectivity index (χ3n) is 3.38. The van der Waals surface area contributed by atoms with Crippen LogP contribution in [0.4, 0.5) is 0 Å². The van der Waals surface area contributed by atoms with Crippen molar-refractivity contribution in [3.63, 3.8) is 0 Å². The molecule has 2 heteroatoms. The second kappa shape index (κ2) is 3.65. The summed E-state index contributed by atoms with van der Waals surface area (Å²) in [6.45, 7) is 7.09. The van der Waals surface area contributed by atoms with E-state index in [1.54, 1.807) is 16.4 Å². The number of aromatic nitrogens is 1. The van der Waals surface area contributed by atoms with Crippen molar-refractivity contribution in [3.8, 4) is 0 Å². The molecule has 0 N–H and O–H groups in total. The lowest BCUT2D eigenvalue weighted by Crippen LogP contribution is -2.21. The molecule has 14 heavy (non-hydrogen) atoms. The Labute approximate surface area is 90.7 Å². The number of hydrogen-bond donors (Lipinski definition) is 0. The monoisotopic (exact) mass is 209 g/mol. The van der Waals surface area contributed by atoms with E-state index in [0.717, 1.165) is 5.92 Å². The summed E-state index contributed by atoms with van der Waals surface area (Å²) in [5.74, 6) is 0.837. The van der Waals surface area contributed by atoms with Crippen molar-refractivity contribution in [2.45, 2.75) is 46.5 Å². The molecule has 0 spiro atoms. The Balaban J connectivity index is 2.20. The first kappa shape index (κ1) is 10.2. The largest absolute Gasteiger partial charge is 0.201 e. The van der Waals surface area contributed by atoms with Gasteiger partial charge in [-0.25, -0.2) is 4.37 Å². The molecule has 1 aliphatic rings. The molecule has 0 saturated heterocycles. The van der Waals surface area contributed by atoms with Gasteiger partial charge in [0.05, 0.1) is 0 Å². The van der Waals surface area contributed by atoms with E-state index in [0.29, 0.717) is 5.41 Å². The lowest BCUT2D eigenvalue weighted by Gasteiger charge is -2.29. The Bertz CT molecular complexity index is 308. The summed E-state index contributed by atoms with van der Waals surface area (Å²) in [7, 11) is 0. The number of hydrogen-bond acceptors (Lipinski definition) is 2. The van der Waals surface area contributed by atoms with Crippen LogP contribution in [0.25, 0.3) is 0 Å². The van der Waals surface area contributed by atoms with Gasteiger partial charge >= 0.3 is 0 Å². The van der Waals surface area contributed by atoms with Gasteiger partial charge in [-0.3, -0.25) is 0 Å². The van der Waals surface area contributed by atoms with Gasteiger partial charge in [-0.15, -0.1) is 0 Å². The zero-order valence-corrected chi connectivity index (χ0v) is 10.2. The first-order chi connectivity index (χ1) is 6.57. The van der Waals surface area contributed by atoms with Crippen molar-refractivity contribution in [1.82, 2.24) is 4.37 Å². The molecule has 1 heterocycles. The zero-order chi connectivity index (χ0) is 10.2. The normalized spacial score (nSPS) is 22.9. The van der Waals surface area contributed by atoms with Crippen LogP contribution in [-0.4, -0.2) is 4.37 Å². The van der Waals surface area contributed by atoms with Crippen molar-refractivity contribution in [3.05, 3.63) is 16.6 Å². The fraction of sp³-hybridized carbons (Fsp3) is 0.750. The maximum absolute atomic E-state index is 4.30. The fourth-order valence-corrected chi connectivity index (χ4v) is 3.12. The Morgan fingerprint density at radius 2 is 2.21 bits per heavy atom. The van der Waals surface area contributed by atoms with E-state index in [1.165, 1.54) is 31.2 Å². The van der Waals surface area contributed by atoms with Crippen LogP contribution >= 0.6 is 11.5 Å². The van der Waals surface area contributed by atoms with Gasteiger partial charge in [0, 0.05) is 11.1 Å². The Kier molecular flexibility index (Phi) is 2.65. The van der Waals surface area contributed by atoms with Crippen molar-refractivity contribution < 1.29 is 0 Å². The highest BCUT2D eigenvalue weighted by Gasteiger charge is 2.27. The van der Waals surface area contributed by atoms with E-state index in [9.17, 15) is 0 Å². The van der Waals surface area contributed by atoms with Crippen LogP contribution in [0.15, 0.2) is 6.20 Å².